The molecule has 1 atom stereocenters. The smallest absolute Gasteiger partial charge is 0.224 e. The Labute approximate surface area is 135 Å². The molecule has 3 N–H and O–H groups in total. The quantitative estimate of drug-likeness (QED) is 0.788. The van der Waals surface area contributed by atoms with Crippen molar-refractivity contribution in [2.45, 2.75) is 31.4 Å². The van der Waals surface area contributed by atoms with E-state index < -0.39 is 0 Å². The molecular weight excluding hydrogens is 292 g/mol. The first-order valence-corrected chi connectivity index (χ1v) is 7.78. The lowest BCUT2D eigenvalue weighted by atomic mass is 9.76. The minimum absolute atomic E-state index is 0.118. The van der Waals surface area contributed by atoms with E-state index in [1.54, 1.807) is 24.4 Å². The fourth-order valence-corrected chi connectivity index (χ4v) is 2.97. The van der Waals surface area contributed by atoms with Crippen molar-refractivity contribution in [3.05, 3.63) is 59.9 Å². The van der Waals surface area contributed by atoms with Gasteiger partial charge in [-0.05, 0) is 48.6 Å². The highest BCUT2D eigenvalue weighted by atomic mass is 16.3. The van der Waals surface area contributed by atoms with Crippen molar-refractivity contribution < 1.29 is 15.0 Å². The Balaban J connectivity index is 1.69. The topological polar surface area (TPSA) is 82.5 Å². The molecule has 0 radical (unpaired) electrons. The number of benzene rings is 1. The number of pyridine rings is 1. The molecule has 23 heavy (non-hydrogen) atoms. The zero-order valence-corrected chi connectivity index (χ0v) is 12.7. The number of aromatic nitrogens is 1. The molecule has 1 amide bonds. The van der Waals surface area contributed by atoms with Gasteiger partial charge in [0.1, 0.15) is 5.75 Å². The van der Waals surface area contributed by atoms with Crippen molar-refractivity contribution in [3.8, 4) is 5.75 Å². The molecule has 1 aromatic carbocycles. The first-order valence-electron chi connectivity index (χ1n) is 7.78. The number of nitrogens with one attached hydrogen (secondary N) is 1. The Morgan fingerprint density at radius 1 is 1.26 bits per heavy atom. The van der Waals surface area contributed by atoms with Gasteiger partial charge in [-0.15, -0.1) is 0 Å². The molecule has 0 unspecified atom stereocenters. The Morgan fingerprint density at radius 3 is 2.74 bits per heavy atom. The van der Waals surface area contributed by atoms with Gasteiger partial charge in [0.05, 0.1) is 24.3 Å². The van der Waals surface area contributed by atoms with Gasteiger partial charge in [0.25, 0.3) is 0 Å². The molecule has 3 rings (SSSR count). The second-order valence-corrected chi connectivity index (χ2v) is 6.03. The maximum atomic E-state index is 12.4. The Hall–Kier alpha value is -2.40. The van der Waals surface area contributed by atoms with Crippen LogP contribution in [0.15, 0.2) is 48.7 Å². The van der Waals surface area contributed by atoms with Gasteiger partial charge in [-0.2, -0.15) is 0 Å². The minimum Gasteiger partial charge on any atom is -0.508 e. The summed E-state index contributed by atoms with van der Waals surface area (Å²) in [4.78, 5) is 16.7. The highest BCUT2D eigenvalue weighted by Crippen LogP contribution is 2.37. The number of phenolic OH excluding ortho intramolecular Hbond substituents is 1. The summed E-state index contributed by atoms with van der Waals surface area (Å²) in [6.45, 7) is 0. The van der Waals surface area contributed by atoms with E-state index in [1.807, 2.05) is 24.3 Å². The third kappa shape index (κ3) is 3.87. The van der Waals surface area contributed by atoms with Crippen molar-refractivity contribution in [2.24, 2.45) is 5.92 Å². The fourth-order valence-electron chi connectivity index (χ4n) is 2.97. The van der Waals surface area contributed by atoms with E-state index in [-0.39, 0.29) is 36.1 Å². The minimum atomic E-state index is -0.283. The number of rotatable bonds is 5. The average molecular weight is 312 g/mol. The summed E-state index contributed by atoms with van der Waals surface area (Å²) in [6, 6.07) is 12.1. The molecule has 0 bridgehead atoms. The van der Waals surface area contributed by atoms with E-state index in [9.17, 15) is 15.0 Å². The second kappa shape index (κ2) is 6.79. The number of aliphatic hydroxyl groups excluding tert-OH is 1. The molecule has 2 aromatic rings. The maximum Gasteiger partial charge on any atom is 0.224 e. The number of carbonyl (C=O) groups excluding carboxylic acids is 1. The highest BCUT2D eigenvalue weighted by Gasteiger charge is 2.36. The number of hydrogen-bond donors (Lipinski definition) is 3. The van der Waals surface area contributed by atoms with Crippen LogP contribution >= 0.6 is 0 Å². The van der Waals surface area contributed by atoms with E-state index in [0.29, 0.717) is 12.8 Å². The van der Waals surface area contributed by atoms with E-state index in [2.05, 4.69) is 10.3 Å². The van der Waals surface area contributed by atoms with Crippen LogP contribution in [0, 0.1) is 5.92 Å². The molecule has 1 aromatic heterocycles. The van der Waals surface area contributed by atoms with Crippen LogP contribution in [0.1, 0.15) is 30.1 Å². The molecule has 5 nitrogen and oxygen atoms in total. The van der Waals surface area contributed by atoms with Gasteiger partial charge < -0.3 is 15.5 Å². The van der Waals surface area contributed by atoms with E-state index in [4.69, 9.17) is 0 Å². The number of nitrogens with zero attached hydrogens (tertiary/aromatic N) is 1. The van der Waals surface area contributed by atoms with Gasteiger partial charge in [0.2, 0.25) is 5.91 Å². The number of aromatic hydroxyl groups is 1. The summed E-state index contributed by atoms with van der Waals surface area (Å²) in [5.41, 5.74) is 1.57. The second-order valence-electron chi connectivity index (χ2n) is 6.03. The monoisotopic (exact) mass is 312 g/mol. The van der Waals surface area contributed by atoms with Crippen LogP contribution in [0.3, 0.4) is 0 Å². The third-order valence-corrected chi connectivity index (χ3v) is 4.22. The zero-order chi connectivity index (χ0) is 16.2. The zero-order valence-electron chi connectivity index (χ0n) is 12.7. The molecule has 0 spiro atoms. The normalized spacial score (nSPS) is 21.3. The van der Waals surface area contributed by atoms with Gasteiger partial charge in [-0.3, -0.25) is 9.78 Å². The van der Waals surface area contributed by atoms with Crippen molar-refractivity contribution in [1.82, 2.24) is 10.3 Å². The van der Waals surface area contributed by atoms with E-state index in [1.165, 1.54) is 0 Å². The summed E-state index contributed by atoms with van der Waals surface area (Å²) >= 11 is 0. The Kier molecular flexibility index (Phi) is 4.57. The number of carbonyl (C=O) groups is 1. The number of phenols is 1. The predicted octanol–water partition coefficient (Wildman–Crippen LogP) is 1.96. The van der Waals surface area contributed by atoms with E-state index in [0.717, 1.165) is 11.3 Å². The standard InChI is InChI=1S/C18H20N2O3/c21-14-5-3-4-12(8-14)9-17(23)20-18(13-10-15(22)11-13)16-6-1-2-7-19-16/h1-8,13,15,18,21-22H,9-11H2,(H,20,23)/t13?,15?,18-/m0/s1. The number of hydrogen-bond acceptors (Lipinski definition) is 4. The molecule has 1 heterocycles. The third-order valence-electron chi connectivity index (χ3n) is 4.22. The molecule has 120 valence electrons. The van der Waals surface area contributed by atoms with Gasteiger partial charge in [0.15, 0.2) is 0 Å². The molecule has 1 fully saturated rings. The SMILES string of the molecule is O=C(Cc1cccc(O)c1)N[C@H](c1ccccn1)C1CC(O)C1. The molecule has 1 saturated carbocycles. The van der Waals surface area contributed by atoms with Crippen LogP contribution in [-0.2, 0) is 11.2 Å². The Bertz CT molecular complexity index is 669. The summed E-state index contributed by atoms with van der Waals surface area (Å²) in [6.07, 6.45) is 2.97. The summed E-state index contributed by atoms with van der Waals surface area (Å²) in [5.74, 6) is 0.236. The lowest BCUT2D eigenvalue weighted by molar-refractivity contribution is -0.122. The molecule has 1 aliphatic carbocycles. The van der Waals surface area contributed by atoms with Crippen LogP contribution < -0.4 is 5.32 Å². The van der Waals surface area contributed by atoms with Gasteiger partial charge in [-0.25, -0.2) is 0 Å². The Morgan fingerprint density at radius 2 is 2.09 bits per heavy atom. The lowest BCUT2D eigenvalue weighted by Gasteiger charge is -2.37. The molecular formula is C18H20N2O3. The van der Waals surface area contributed by atoms with Crippen LogP contribution in [0.2, 0.25) is 0 Å². The van der Waals surface area contributed by atoms with Gasteiger partial charge in [-0.1, -0.05) is 18.2 Å². The van der Waals surface area contributed by atoms with Crippen molar-refractivity contribution in [1.29, 1.82) is 0 Å². The van der Waals surface area contributed by atoms with Crippen molar-refractivity contribution >= 4 is 5.91 Å². The number of aliphatic hydroxyl groups is 1. The molecule has 0 aliphatic heterocycles. The first-order chi connectivity index (χ1) is 11.1. The molecule has 5 heteroatoms. The van der Waals surface area contributed by atoms with E-state index >= 15 is 0 Å². The van der Waals surface area contributed by atoms with Gasteiger partial charge >= 0.3 is 0 Å². The summed E-state index contributed by atoms with van der Waals surface area (Å²) in [5, 5.41) is 22.1. The number of amides is 1. The lowest BCUT2D eigenvalue weighted by Crippen LogP contribution is -2.42. The van der Waals surface area contributed by atoms with Crippen molar-refractivity contribution in [2.75, 3.05) is 0 Å². The van der Waals surface area contributed by atoms with Crippen LogP contribution in [0.5, 0.6) is 5.75 Å². The molecule has 0 saturated heterocycles. The average Bonchev–Trinajstić information content (AvgIpc) is 2.51. The molecule has 1 aliphatic rings. The summed E-state index contributed by atoms with van der Waals surface area (Å²) < 4.78 is 0. The fraction of sp³-hybridized carbons (Fsp3) is 0.333. The first kappa shape index (κ1) is 15.5. The van der Waals surface area contributed by atoms with Crippen LogP contribution in [0.25, 0.3) is 0 Å². The maximum absolute atomic E-state index is 12.4. The largest absolute Gasteiger partial charge is 0.508 e. The van der Waals surface area contributed by atoms with Crippen molar-refractivity contribution in [3.63, 3.8) is 0 Å². The van der Waals surface area contributed by atoms with Crippen LogP contribution in [-0.4, -0.2) is 27.2 Å². The van der Waals surface area contributed by atoms with Crippen LogP contribution in [0.4, 0.5) is 0 Å². The summed E-state index contributed by atoms with van der Waals surface area (Å²) in [7, 11) is 0. The highest BCUT2D eigenvalue weighted by molar-refractivity contribution is 5.79. The predicted molar refractivity (Wildman–Crippen MR) is 85.7 cm³/mol. The van der Waals surface area contributed by atoms with Gasteiger partial charge in [0, 0.05) is 6.20 Å².